The van der Waals surface area contributed by atoms with Gasteiger partial charge in [-0.3, -0.25) is 0 Å². The average Bonchev–Trinajstić information content (AvgIpc) is 3.03. The Bertz CT molecular complexity index is 510. The normalized spacial score (nSPS) is 24.5. The molecule has 2 aliphatic rings. The van der Waals surface area contributed by atoms with Gasteiger partial charge in [0.05, 0.1) is 0 Å². The van der Waals surface area contributed by atoms with E-state index in [4.69, 9.17) is 0 Å². The Morgan fingerprint density at radius 3 is 2.44 bits per heavy atom. The molecule has 1 heterocycles. The van der Waals surface area contributed by atoms with Crippen LogP contribution in [-0.4, -0.2) is 6.04 Å². The third-order valence-electron chi connectivity index (χ3n) is 6.95. The molecule has 0 amide bonds. The van der Waals surface area contributed by atoms with Gasteiger partial charge in [-0.1, -0.05) is 84.6 Å². The third kappa shape index (κ3) is 6.00. The van der Waals surface area contributed by atoms with Crippen LogP contribution in [0.1, 0.15) is 98.8 Å². The molecule has 1 N–H and O–H groups in total. The first-order chi connectivity index (χ1) is 13.1. The van der Waals surface area contributed by atoms with Gasteiger partial charge < -0.3 is 5.32 Å². The van der Waals surface area contributed by atoms with Crippen LogP contribution in [0.3, 0.4) is 0 Å². The largest absolute Gasteiger partial charge is 0.384 e. The van der Waals surface area contributed by atoms with Gasteiger partial charge in [0.1, 0.15) is 0 Å². The lowest BCUT2D eigenvalue weighted by Crippen LogP contribution is -2.41. The highest BCUT2D eigenvalue weighted by atomic mass is 15.0. The molecule has 0 saturated heterocycles. The summed E-state index contributed by atoms with van der Waals surface area (Å²) in [5.41, 5.74) is 3.24. The van der Waals surface area contributed by atoms with Gasteiger partial charge in [0.15, 0.2) is 0 Å². The smallest absolute Gasteiger partial charge is 0.0360 e. The Hall–Kier alpha value is -0.980. The molecule has 27 heavy (non-hydrogen) atoms. The molecule has 154 valence electrons. The van der Waals surface area contributed by atoms with Crippen LogP contribution in [0.15, 0.2) is 35.6 Å². The molecule has 4 unspecified atom stereocenters. The quantitative estimate of drug-likeness (QED) is 0.272. The van der Waals surface area contributed by atoms with Crippen LogP contribution in [0, 0.1) is 23.7 Å². The Morgan fingerprint density at radius 2 is 1.81 bits per heavy atom. The van der Waals surface area contributed by atoms with E-state index in [0.717, 1.165) is 23.7 Å². The van der Waals surface area contributed by atoms with E-state index in [1.807, 2.05) is 0 Å². The van der Waals surface area contributed by atoms with Crippen LogP contribution >= 0.6 is 0 Å². The second kappa shape index (κ2) is 11.8. The van der Waals surface area contributed by atoms with E-state index in [9.17, 15) is 0 Å². The molecule has 1 heteroatoms. The van der Waals surface area contributed by atoms with Crippen molar-refractivity contribution >= 4 is 0 Å². The monoisotopic (exact) mass is 371 g/mol. The fourth-order valence-corrected chi connectivity index (χ4v) is 5.39. The van der Waals surface area contributed by atoms with Crippen LogP contribution < -0.4 is 5.32 Å². The van der Waals surface area contributed by atoms with Crippen molar-refractivity contribution in [3.05, 3.63) is 35.6 Å². The average molecular weight is 372 g/mol. The molecule has 1 aliphatic carbocycles. The summed E-state index contributed by atoms with van der Waals surface area (Å²) >= 11 is 0. The van der Waals surface area contributed by atoms with Gasteiger partial charge in [0, 0.05) is 17.7 Å². The van der Waals surface area contributed by atoms with E-state index in [1.54, 1.807) is 11.3 Å². The van der Waals surface area contributed by atoms with Crippen molar-refractivity contribution in [2.45, 2.75) is 105 Å². The first-order valence-corrected chi connectivity index (χ1v) is 11.9. The minimum absolute atomic E-state index is 0.646. The third-order valence-corrected chi connectivity index (χ3v) is 6.95. The molecule has 0 radical (unpaired) electrons. The lowest BCUT2D eigenvalue weighted by atomic mass is 9.71. The Morgan fingerprint density at radius 1 is 1.07 bits per heavy atom. The fourth-order valence-electron chi connectivity index (χ4n) is 5.39. The molecule has 0 aromatic rings. The predicted octanol–water partition coefficient (Wildman–Crippen LogP) is 7.80. The van der Waals surface area contributed by atoms with E-state index in [2.05, 4.69) is 64.2 Å². The lowest BCUT2D eigenvalue weighted by molar-refractivity contribution is 0.195. The standard InChI is InChI=1S/C26H45N/c1-6-9-10-11-12-13-14-17-21(7-2)25-23-18-15-16-19-24(23)27-26(25)22(8-3)20(4)5/h11-12,15,18,20-22,25-27H,6-10,13-14,16-17,19H2,1-5H3/b12-11-. The molecule has 0 aromatic heterocycles. The molecule has 0 aromatic carbocycles. The predicted molar refractivity (Wildman–Crippen MR) is 121 cm³/mol. The van der Waals surface area contributed by atoms with Crippen LogP contribution in [-0.2, 0) is 0 Å². The van der Waals surface area contributed by atoms with Crippen molar-refractivity contribution < 1.29 is 0 Å². The van der Waals surface area contributed by atoms with Crippen LogP contribution in [0.4, 0.5) is 0 Å². The molecule has 0 spiro atoms. The molecule has 0 bridgehead atoms. The number of unbranched alkanes of at least 4 members (excludes halogenated alkanes) is 3. The lowest BCUT2D eigenvalue weighted by Gasteiger charge is -2.36. The molecular weight excluding hydrogens is 326 g/mol. The summed E-state index contributed by atoms with van der Waals surface area (Å²) in [7, 11) is 0. The Labute approximate surface area is 169 Å². The Kier molecular flexibility index (Phi) is 9.73. The summed E-state index contributed by atoms with van der Waals surface area (Å²) in [4.78, 5) is 0. The highest BCUT2D eigenvalue weighted by Gasteiger charge is 2.41. The van der Waals surface area contributed by atoms with Gasteiger partial charge in [-0.25, -0.2) is 0 Å². The summed E-state index contributed by atoms with van der Waals surface area (Å²) in [6.07, 6.45) is 22.6. The maximum absolute atomic E-state index is 4.03. The van der Waals surface area contributed by atoms with Crippen LogP contribution in [0.2, 0.25) is 0 Å². The number of rotatable bonds is 12. The van der Waals surface area contributed by atoms with Crippen molar-refractivity contribution in [2.75, 3.05) is 0 Å². The second-order valence-electron chi connectivity index (χ2n) is 9.10. The minimum atomic E-state index is 0.646. The van der Waals surface area contributed by atoms with Gasteiger partial charge in [-0.2, -0.15) is 0 Å². The van der Waals surface area contributed by atoms with E-state index in [1.165, 1.54) is 64.2 Å². The van der Waals surface area contributed by atoms with Crippen molar-refractivity contribution in [3.63, 3.8) is 0 Å². The van der Waals surface area contributed by atoms with Gasteiger partial charge >= 0.3 is 0 Å². The molecular formula is C26H45N. The maximum Gasteiger partial charge on any atom is 0.0360 e. The number of nitrogens with one attached hydrogen (secondary N) is 1. The van der Waals surface area contributed by atoms with E-state index in [0.29, 0.717) is 6.04 Å². The molecule has 4 atom stereocenters. The fraction of sp³-hybridized carbons (Fsp3) is 0.769. The van der Waals surface area contributed by atoms with Crippen LogP contribution in [0.25, 0.3) is 0 Å². The van der Waals surface area contributed by atoms with Gasteiger partial charge in [0.2, 0.25) is 0 Å². The van der Waals surface area contributed by atoms with Crippen molar-refractivity contribution in [2.24, 2.45) is 23.7 Å². The van der Waals surface area contributed by atoms with Crippen LogP contribution in [0.5, 0.6) is 0 Å². The number of hydrogen-bond acceptors (Lipinski definition) is 1. The summed E-state index contributed by atoms with van der Waals surface area (Å²) in [6.45, 7) is 11.9. The molecule has 0 fully saturated rings. The number of allylic oxidation sites excluding steroid dienone is 5. The zero-order valence-corrected chi connectivity index (χ0v) is 18.8. The number of hydrogen-bond donors (Lipinski definition) is 1. The van der Waals surface area contributed by atoms with Gasteiger partial charge in [-0.05, 0) is 61.9 Å². The molecule has 0 saturated carbocycles. The summed E-state index contributed by atoms with van der Waals surface area (Å²) < 4.78 is 0. The van der Waals surface area contributed by atoms with E-state index in [-0.39, 0.29) is 0 Å². The van der Waals surface area contributed by atoms with Crippen molar-refractivity contribution in [3.8, 4) is 0 Å². The first kappa shape index (κ1) is 22.3. The maximum atomic E-state index is 4.03. The van der Waals surface area contributed by atoms with Crippen molar-refractivity contribution in [1.82, 2.24) is 5.32 Å². The topological polar surface area (TPSA) is 12.0 Å². The summed E-state index contributed by atoms with van der Waals surface area (Å²) in [5, 5.41) is 4.03. The second-order valence-corrected chi connectivity index (χ2v) is 9.10. The van der Waals surface area contributed by atoms with Gasteiger partial charge in [0.25, 0.3) is 0 Å². The zero-order chi connectivity index (χ0) is 19.6. The van der Waals surface area contributed by atoms with Gasteiger partial charge in [-0.15, -0.1) is 0 Å². The summed E-state index contributed by atoms with van der Waals surface area (Å²) in [5.74, 6) is 3.06. The SMILES string of the molecule is CCCC/C=C\CCCC(CC)C1C2=C(CCC=C2)NC1C(CC)C(C)C. The highest BCUT2D eigenvalue weighted by molar-refractivity contribution is 5.37. The van der Waals surface area contributed by atoms with Crippen molar-refractivity contribution in [1.29, 1.82) is 0 Å². The van der Waals surface area contributed by atoms with E-state index >= 15 is 0 Å². The first-order valence-electron chi connectivity index (χ1n) is 11.9. The summed E-state index contributed by atoms with van der Waals surface area (Å²) in [6, 6.07) is 0.646. The highest BCUT2D eigenvalue weighted by Crippen LogP contribution is 2.44. The molecule has 2 rings (SSSR count). The molecule has 1 aliphatic heterocycles. The zero-order valence-electron chi connectivity index (χ0n) is 18.8. The Balaban J connectivity index is 2.04. The van der Waals surface area contributed by atoms with E-state index < -0.39 is 0 Å². The minimum Gasteiger partial charge on any atom is -0.384 e. The molecule has 1 nitrogen and oxygen atoms in total.